The maximum atomic E-state index is 11.5. The fourth-order valence-electron chi connectivity index (χ4n) is 1.45. The predicted molar refractivity (Wildman–Crippen MR) is 50.0 cm³/mol. The van der Waals surface area contributed by atoms with Crippen LogP contribution in [0.5, 0.6) is 0 Å². The summed E-state index contributed by atoms with van der Waals surface area (Å²) in [6, 6.07) is 6.89. The molecular formula is C11H9KO2. The summed E-state index contributed by atoms with van der Waals surface area (Å²) in [6.07, 6.45) is 1.39. The molecule has 0 saturated carbocycles. The van der Waals surface area contributed by atoms with E-state index in [1.54, 1.807) is 31.2 Å². The number of Topliss-reactive ketones (excluding diaryl/α,β-unsaturated/α-hetero) is 1. The van der Waals surface area contributed by atoms with Gasteiger partial charge in [-0.3, -0.25) is 9.59 Å². The quantitative estimate of drug-likeness (QED) is 0.524. The molecule has 2 nitrogen and oxygen atoms in total. The molecule has 0 spiro atoms. The molecule has 0 fully saturated rings. The Morgan fingerprint density at radius 1 is 1.07 bits per heavy atom. The molecule has 0 radical (unpaired) electrons. The Morgan fingerprint density at radius 3 is 2.29 bits per heavy atom. The average molecular weight is 212 g/mol. The van der Waals surface area contributed by atoms with Gasteiger partial charge in [0.2, 0.25) is 0 Å². The Morgan fingerprint density at radius 2 is 1.64 bits per heavy atom. The van der Waals surface area contributed by atoms with E-state index in [0.29, 0.717) is 16.7 Å². The van der Waals surface area contributed by atoms with Gasteiger partial charge in [-0.2, -0.15) is 0 Å². The fraction of sp³-hybridized carbons (Fsp3) is 0.0909. The van der Waals surface area contributed by atoms with Crippen molar-refractivity contribution in [2.45, 2.75) is 6.92 Å². The van der Waals surface area contributed by atoms with Crippen LogP contribution < -0.4 is 51.4 Å². The number of ketones is 2. The molecule has 14 heavy (non-hydrogen) atoms. The van der Waals surface area contributed by atoms with E-state index in [4.69, 9.17) is 0 Å². The van der Waals surface area contributed by atoms with E-state index >= 15 is 0 Å². The topological polar surface area (TPSA) is 34.1 Å². The molecule has 66 valence electrons. The van der Waals surface area contributed by atoms with E-state index < -0.39 is 0 Å². The van der Waals surface area contributed by atoms with Crippen LogP contribution in [0.2, 0.25) is 0 Å². The molecule has 0 aromatic heterocycles. The Bertz CT molecular complexity index is 438. The van der Waals surface area contributed by atoms with Gasteiger partial charge in [-0.15, -0.1) is 0 Å². The number of hydrogen-bond donors (Lipinski definition) is 0. The normalized spacial score (nSPS) is 14.2. The summed E-state index contributed by atoms with van der Waals surface area (Å²) in [5.74, 6) is -0.122. The van der Waals surface area contributed by atoms with E-state index in [2.05, 4.69) is 0 Å². The number of carbonyl (C=O) groups is 2. The van der Waals surface area contributed by atoms with E-state index in [-0.39, 0.29) is 64.4 Å². The first-order valence-corrected chi connectivity index (χ1v) is 4.06. The molecule has 0 amide bonds. The van der Waals surface area contributed by atoms with Crippen LogP contribution in [0.3, 0.4) is 0 Å². The Kier molecular flexibility index (Phi) is 3.98. The van der Waals surface area contributed by atoms with Crippen molar-refractivity contribution >= 4 is 11.6 Å². The van der Waals surface area contributed by atoms with Gasteiger partial charge in [0.25, 0.3) is 0 Å². The first-order chi connectivity index (χ1) is 6.20. The smallest absolute Gasteiger partial charge is 1.00 e. The minimum Gasteiger partial charge on any atom is -1.00 e. The predicted octanol–water partition coefficient (Wildman–Crippen LogP) is -0.872. The summed E-state index contributed by atoms with van der Waals surface area (Å²) < 4.78 is 0. The molecule has 1 aromatic rings. The fourth-order valence-corrected chi connectivity index (χ4v) is 1.45. The molecule has 2 rings (SSSR count). The van der Waals surface area contributed by atoms with Crippen LogP contribution in [-0.2, 0) is 0 Å². The van der Waals surface area contributed by atoms with Crippen LogP contribution in [0.15, 0.2) is 35.9 Å². The van der Waals surface area contributed by atoms with E-state index in [1.165, 1.54) is 6.08 Å². The number of rotatable bonds is 0. The molecule has 0 N–H and O–H groups in total. The molecular weight excluding hydrogens is 203 g/mol. The number of allylic oxidation sites excluding steroid dienone is 2. The SMILES string of the molecule is CC1=CC(=O)c2ccccc2C1=O.[H-].[K+]. The van der Waals surface area contributed by atoms with Gasteiger partial charge in [-0.25, -0.2) is 0 Å². The maximum absolute atomic E-state index is 11.5. The minimum absolute atomic E-state index is 0. The molecule has 0 bridgehead atoms. The zero-order valence-electron chi connectivity index (χ0n) is 9.20. The molecule has 1 aliphatic carbocycles. The first-order valence-electron chi connectivity index (χ1n) is 4.06. The van der Waals surface area contributed by atoms with Crippen molar-refractivity contribution in [2.24, 2.45) is 0 Å². The largest absolute Gasteiger partial charge is 1.00 e. The van der Waals surface area contributed by atoms with Crippen molar-refractivity contribution < 1.29 is 62.4 Å². The van der Waals surface area contributed by atoms with Gasteiger partial charge in [0.05, 0.1) is 0 Å². The molecule has 0 heterocycles. The summed E-state index contributed by atoms with van der Waals surface area (Å²) in [6.45, 7) is 1.66. The molecule has 0 saturated heterocycles. The second-order valence-corrected chi connectivity index (χ2v) is 3.07. The Hall–Kier alpha value is -0.0636. The van der Waals surface area contributed by atoms with Crippen LogP contribution in [-0.4, -0.2) is 11.6 Å². The summed E-state index contributed by atoms with van der Waals surface area (Å²) in [4.78, 5) is 23.0. The van der Waals surface area contributed by atoms with Crippen LogP contribution >= 0.6 is 0 Å². The van der Waals surface area contributed by atoms with Crippen molar-refractivity contribution in [3.8, 4) is 0 Å². The van der Waals surface area contributed by atoms with Gasteiger partial charge >= 0.3 is 51.4 Å². The minimum atomic E-state index is -0.0762. The summed E-state index contributed by atoms with van der Waals surface area (Å²) in [7, 11) is 0. The Labute approximate surface area is 126 Å². The maximum Gasteiger partial charge on any atom is 1.00 e. The van der Waals surface area contributed by atoms with Crippen LogP contribution in [0.4, 0.5) is 0 Å². The van der Waals surface area contributed by atoms with E-state index in [9.17, 15) is 9.59 Å². The molecule has 0 unspecified atom stereocenters. The first kappa shape index (κ1) is 12.0. The summed E-state index contributed by atoms with van der Waals surface area (Å²) in [5.41, 5.74) is 1.55. The second kappa shape index (κ2) is 4.64. The van der Waals surface area contributed by atoms with E-state index in [1.807, 2.05) is 0 Å². The zero-order chi connectivity index (χ0) is 9.42. The third-order valence-electron chi connectivity index (χ3n) is 2.14. The van der Waals surface area contributed by atoms with Gasteiger partial charge < -0.3 is 1.43 Å². The Balaban J connectivity index is 0.000000980. The van der Waals surface area contributed by atoms with Crippen molar-refractivity contribution in [1.29, 1.82) is 0 Å². The van der Waals surface area contributed by atoms with Crippen molar-refractivity contribution in [3.05, 3.63) is 47.0 Å². The van der Waals surface area contributed by atoms with Gasteiger partial charge in [0.1, 0.15) is 0 Å². The number of hydrogen-bond acceptors (Lipinski definition) is 2. The third kappa shape index (κ3) is 1.97. The second-order valence-electron chi connectivity index (χ2n) is 3.07. The van der Waals surface area contributed by atoms with Crippen LogP contribution in [0.25, 0.3) is 0 Å². The number of carbonyl (C=O) groups excluding carboxylic acids is 2. The molecule has 0 aliphatic heterocycles. The average Bonchev–Trinajstić information content (AvgIpc) is 2.15. The summed E-state index contributed by atoms with van der Waals surface area (Å²) >= 11 is 0. The van der Waals surface area contributed by atoms with E-state index in [0.717, 1.165) is 0 Å². The summed E-state index contributed by atoms with van der Waals surface area (Å²) in [5, 5.41) is 0. The van der Waals surface area contributed by atoms with Crippen molar-refractivity contribution in [1.82, 2.24) is 0 Å². The van der Waals surface area contributed by atoms with Gasteiger partial charge in [0, 0.05) is 16.7 Å². The van der Waals surface area contributed by atoms with Gasteiger partial charge in [-0.05, 0) is 13.0 Å². The van der Waals surface area contributed by atoms with Crippen LogP contribution in [0.1, 0.15) is 29.1 Å². The monoisotopic (exact) mass is 212 g/mol. The number of fused-ring (bicyclic) bond motifs is 1. The van der Waals surface area contributed by atoms with Gasteiger partial charge in [0.15, 0.2) is 11.6 Å². The third-order valence-corrected chi connectivity index (χ3v) is 2.14. The standard InChI is InChI=1S/C11H8O2.K.H/c1-7-6-10(12)8-4-2-3-5-9(8)11(7)13;;/h2-6H,1H3;;/q;+1;-1. The van der Waals surface area contributed by atoms with Crippen LogP contribution in [0, 0.1) is 0 Å². The molecule has 3 heteroatoms. The van der Waals surface area contributed by atoms with Gasteiger partial charge in [-0.1, -0.05) is 24.3 Å². The molecule has 1 aliphatic rings. The van der Waals surface area contributed by atoms with Crippen molar-refractivity contribution in [2.75, 3.05) is 0 Å². The number of benzene rings is 1. The zero-order valence-corrected chi connectivity index (χ0v) is 11.3. The van der Waals surface area contributed by atoms with Crippen molar-refractivity contribution in [3.63, 3.8) is 0 Å². The molecule has 1 aromatic carbocycles. The molecule has 0 atom stereocenters.